The van der Waals surface area contributed by atoms with Gasteiger partial charge in [0.25, 0.3) is 0 Å². The van der Waals surface area contributed by atoms with E-state index in [0.29, 0.717) is 24.1 Å². The van der Waals surface area contributed by atoms with Crippen molar-refractivity contribution in [3.05, 3.63) is 29.3 Å². The number of carbonyl (C=O) groups excluding carboxylic acids is 1. The highest BCUT2D eigenvalue weighted by Gasteiger charge is 2.13. The summed E-state index contributed by atoms with van der Waals surface area (Å²) in [5.74, 6) is 0.954. The van der Waals surface area contributed by atoms with E-state index in [4.69, 9.17) is 16.3 Å². The summed E-state index contributed by atoms with van der Waals surface area (Å²) < 4.78 is 5.60. The van der Waals surface area contributed by atoms with Gasteiger partial charge in [-0.25, -0.2) is 0 Å². The van der Waals surface area contributed by atoms with Crippen LogP contribution in [0.5, 0.6) is 5.75 Å². The Kier molecular flexibility index (Phi) is 7.58. The molecule has 1 aliphatic carbocycles. The molecule has 0 saturated heterocycles. The molecule has 1 aromatic carbocycles. The summed E-state index contributed by atoms with van der Waals surface area (Å²) in [5.41, 5.74) is 0. The second-order valence-corrected chi connectivity index (χ2v) is 6.45. The van der Waals surface area contributed by atoms with E-state index >= 15 is 0 Å². The maximum absolute atomic E-state index is 12.0. The smallest absolute Gasteiger partial charge is 0.220 e. The largest absolute Gasteiger partial charge is 0.494 e. The quantitative estimate of drug-likeness (QED) is 0.769. The van der Waals surface area contributed by atoms with Crippen molar-refractivity contribution in [3.63, 3.8) is 0 Å². The van der Waals surface area contributed by atoms with Gasteiger partial charge in [-0.15, -0.1) is 0 Å². The van der Waals surface area contributed by atoms with Gasteiger partial charge in [0.1, 0.15) is 5.75 Å². The molecule has 4 heteroatoms. The van der Waals surface area contributed by atoms with E-state index in [1.54, 1.807) is 12.1 Å². The molecule has 1 N–H and O–H groups in total. The van der Waals surface area contributed by atoms with Crippen LogP contribution in [0, 0.1) is 0 Å². The molecule has 1 saturated carbocycles. The number of ether oxygens (including phenoxy) is 1. The van der Waals surface area contributed by atoms with Gasteiger partial charge in [0, 0.05) is 17.5 Å². The third-order valence-corrected chi connectivity index (χ3v) is 4.35. The molecule has 1 fully saturated rings. The Morgan fingerprint density at radius 1 is 1.09 bits per heavy atom. The lowest BCUT2D eigenvalue weighted by Gasteiger charge is -2.21. The molecule has 3 nitrogen and oxygen atoms in total. The zero-order chi connectivity index (χ0) is 15.6. The SMILES string of the molecule is O=C(CCCOc1ccc(Cl)cc1)NC1CCCCCCC1. The van der Waals surface area contributed by atoms with Crippen molar-refractivity contribution in [2.24, 2.45) is 0 Å². The van der Waals surface area contributed by atoms with Crippen LogP contribution in [0.2, 0.25) is 5.02 Å². The van der Waals surface area contributed by atoms with Crippen LogP contribution in [0.3, 0.4) is 0 Å². The highest BCUT2D eigenvalue weighted by molar-refractivity contribution is 6.30. The topological polar surface area (TPSA) is 38.3 Å². The van der Waals surface area contributed by atoms with Crippen molar-refractivity contribution >= 4 is 17.5 Å². The van der Waals surface area contributed by atoms with Crippen LogP contribution in [0.25, 0.3) is 0 Å². The second-order valence-electron chi connectivity index (χ2n) is 6.02. The molecule has 0 bridgehead atoms. The first-order chi connectivity index (χ1) is 10.7. The van der Waals surface area contributed by atoms with Gasteiger partial charge in [-0.2, -0.15) is 0 Å². The average molecular weight is 324 g/mol. The van der Waals surface area contributed by atoms with E-state index in [-0.39, 0.29) is 5.91 Å². The monoisotopic (exact) mass is 323 g/mol. The average Bonchev–Trinajstić information content (AvgIpc) is 2.48. The van der Waals surface area contributed by atoms with Gasteiger partial charge in [-0.3, -0.25) is 4.79 Å². The number of benzene rings is 1. The molecule has 0 heterocycles. The van der Waals surface area contributed by atoms with Crippen LogP contribution >= 0.6 is 11.6 Å². The van der Waals surface area contributed by atoms with Gasteiger partial charge in [-0.05, 0) is 43.5 Å². The molecule has 0 spiro atoms. The molecule has 0 aromatic heterocycles. The van der Waals surface area contributed by atoms with Crippen molar-refractivity contribution in [3.8, 4) is 5.75 Å². The van der Waals surface area contributed by atoms with Gasteiger partial charge in [0.15, 0.2) is 0 Å². The lowest BCUT2D eigenvalue weighted by atomic mass is 9.96. The summed E-state index contributed by atoms with van der Waals surface area (Å²) in [7, 11) is 0. The summed E-state index contributed by atoms with van der Waals surface area (Å²) in [6.45, 7) is 0.555. The molecular weight excluding hydrogens is 298 g/mol. The number of nitrogens with one attached hydrogen (secondary N) is 1. The van der Waals surface area contributed by atoms with Crippen LogP contribution in [-0.4, -0.2) is 18.6 Å². The standard InChI is InChI=1S/C18H26ClNO2/c19-15-10-12-17(13-11-15)22-14-6-9-18(21)20-16-7-4-2-1-3-5-8-16/h10-13,16H,1-9,14H2,(H,20,21). The molecule has 2 rings (SSSR count). The number of amides is 1. The van der Waals surface area contributed by atoms with Crippen LogP contribution in [0.4, 0.5) is 0 Å². The fourth-order valence-corrected chi connectivity index (χ4v) is 2.98. The highest BCUT2D eigenvalue weighted by atomic mass is 35.5. The highest BCUT2D eigenvalue weighted by Crippen LogP contribution is 2.18. The zero-order valence-electron chi connectivity index (χ0n) is 13.2. The maximum Gasteiger partial charge on any atom is 0.220 e. The number of hydrogen-bond donors (Lipinski definition) is 1. The number of carbonyl (C=O) groups is 1. The molecule has 1 amide bonds. The van der Waals surface area contributed by atoms with Crippen molar-refractivity contribution in [2.45, 2.75) is 63.8 Å². The first-order valence-corrected chi connectivity index (χ1v) is 8.79. The molecule has 122 valence electrons. The Bertz CT molecular complexity index is 439. The maximum atomic E-state index is 12.0. The number of hydrogen-bond acceptors (Lipinski definition) is 2. The molecule has 0 atom stereocenters. The third-order valence-electron chi connectivity index (χ3n) is 4.10. The Morgan fingerprint density at radius 3 is 2.41 bits per heavy atom. The van der Waals surface area contributed by atoms with Gasteiger partial charge in [0.2, 0.25) is 5.91 Å². The summed E-state index contributed by atoms with van der Waals surface area (Å²) in [4.78, 5) is 12.0. The first kappa shape index (κ1) is 17.1. The van der Waals surface area contributed by atoms with E-state index in [9.17, 15) is 4.79 Å². The summed E-state index contributed by atoms with van der Waals surface area (Å²) in [5, 5.41) is 3.88. The van der Waals surface area contributed by atoms with E-state index in [1.807, 2.05) is 12.1 Å². The third kappa shape index (κ3) is 6.69. The van der Waals surface area contributed by atoms with Crippen molar-refractivity contribution in [2.75, 3.05) is 6.61 Å². The van der Waals surface area contributed by atoms with Crippen molar-refractivity contribution in [1.82, 2.24) is 5.32 Å². The fraction of sp³-hybridized carbons (Fsp3) is 0.611. The number of rotatable bonds is 6. The van der Waals surface area contributed by atoms with Crippen molar-refractivity contribution < 1.29 is 9.53 Å². The Hall–Kier alpha value is -1.22. The molecule has 0 radical (unpaired) electrons. The fourth-order valence-electron chi connectivity index (χ4n) is 2.85. The van der Waals surface area contributed by atoms with Crippen LogP contribution < -0.4 is 10.1 Å². The molecule has 0 unspecified atom stereocenters. The lowest BCUT2D eigenvalue weighted by molar-refractivity contribution is -0.122. The van der Waals surface area contributed by atoms with Gasteiger partial charge in [0.05, 0.1) is 6.61 Å². The summed E-state index contributed by atoms with van der Waals surface area (Å²) in [6.07, 6.45) is 9.98. The number of halogens is 1. The predicted molar refractivity (Wildman–Crippen MR) is 90.4 cm³/mol. The molecule has 1 aromatic rings. The van der Waals surface area contributed by atoms with E-state index in [1.165, 1.54) is 32.1 Å². The normalized spacial score (nSPS) is 16.6. The minimum Gasteiger partial charge on any atom is -0.494 e. The second kappa shape index (κ2) is 9.73. The van der Waals surface area contributed by atoms with E-state index in [2.05, 4.69) is 5.32 Å². The van der Waals surface area contributed by atoms with Gasteiger partial charge < -0.3 is 10.1 Å². The van der Waals surface area contributed by atoms with Gasteiger partial charge >= 0.3 is 0 Å². The minimum absolute atomic E-state index is 0.158. The van der Waals surface area contributed by atoms with Crippen molar-refractivity contribution in [1.29, 1.82) is 0 Å². The van der Waals surface area contributed by atoms with Gasteiger partial charge in [-0.1, -0.05) is 43.7 Å². The Morgan fingerprint density at radius 2 is 1.73 bits per heavy atom. The molecule has 22 heavy (non-hydrogen) atoms. The Balaban J connectivity index is 1.59. The van der Waals surface area contributed by atoms with Crippen LogP contribution in [0.15, 0.2) is 24.3 Å². The molecule has 0 aliphatic heterocycles. The van der Waals surface area contributed by atoms with E-state index < -0.39 is 0 Å². The van der Waals surface area contributed by atoms with Crippen LogP contribution in [-0.2, 0) is 4.79 Å². The molecule has 1 aliphatic rings. The Labute approximate surface area is 138 Å². The lowest BCUT2D eigenvalue weighted by Crippen LogP contribution is -2.35. The van der Waals surface area contributed by atoms with E-state index in [0.717, 1.165) is 25.0 Å². The minimum atomic E-state index is 0.158. The zero-order valence-corrected chi connectivity index (χ0v) is 13.9. The predicted octanol–water partition coefficient (Wildman–Crippen LogP) is 4.73. The van der Waals surface area contributed by atoms with Crippen LogP contribution in [0.1, 0.15) is 57.8 Å². The summed E-state index contributed by atoms with van der Waals surface area (Å²) in [6, 6.07) is 7.68. The summed E-state index contributed by atoms with van der Waals surface area (Å²) >= 11 is 5.82. The molecular formula is C18H26ClNO2. The first-order valence-electron chi connectivity index (χ1n) is 8.42.